The highest BCUT2D eigenvalue weighted by Crippen LogP contribution is 2.46. The monoisotopic (exact) mass is 597 g/mol. The highest BCUT2D eigenvalue weighted by atomic mass is 16.3. The molecular formula is C42H25B2NO2. The van der Waals surface area contributed by atoms with Crippen LogP contribution >= 0.6 is 0 Å². The number of fused-ring (bicyclic) bond motifs is 10. The number of rotatable bonds is 2. The lowest BCUT2D eigenvalue weighted by Crippen LogP contribution is -2.62. The van der Waals surface area contributed by atoms with Gasteiger partial charge in [-0.05, 0) is 103 Å². The maximum Gasteiger partial charge on any atom is 0.248 e. The number of nitrogens with zero attached hydrogens (tertiary/aromatic N) is 1. The van der Waals surface area contributed by atoms with Crippen LogP contribution in [0.25, 0.3) is 44.5 Å². The van der Waals surface area contributed by atoms with Crippen molar-refractivity contribution < 1.29 is 10.2 Å². The van der Waals surface area contributed by atoms with E-state index >= 15 is 0 Å². The van der Waals surface area contributed by atoms with Crippen molar-refractivity contribution in [2.24, 2.45) is 0 Å². The minimum atomic E-state index is 0.133. The van der Waals surface area contributed by atoms with Crippen molar-refractivity contribution in [3.05, 3.63) is 140 Å². The summed E-state index contributed by atoms with van der Waals surface area (Å²) < 4.78 is 0. The number of aromatic hydroxyl groups is 2. The van der Waals surface area contributed by atoms with Crippen molar-refractivity contribution in [3.63, 3.8) is 0 Å². The molecule has 5 heteroatoms. The van der Waals surface area contributed by atoms with Crippen molar-refractivity contribution in [2.45, 2.75) is 0 Å². The standard InChI is InChI=1S/C42H25B2NO2/c46-27-16-11-24(12-17-27)26-15-20-30-31-6-3-10-37-40(31)44(36(30)23-26)35-9-4-8-34-42(35)45(37)38-22-21-29(25-13-18-28(47)19-14-25)39-32-5-1-2-7-33(32)43(34)41(38)39/h1-23,46-47H. The van der Waals surface area contributed by atoms with E-state index in [0.29, 0.717) is 0 Å². The Morgan fingerprint density at radius 3 is 1.79 bits per heavy atom. The molecule has 47 heavy (non-hydrogen) atoms. The molecule has 11 rings (SSSR count). The number of phenols is 2. The number of anilines is 3. The van der Waals surface area contributed by atoms with Gasteiger partial charge in [0.1, 0.15) is 11.5 Å². The Balaban J connectivity index is 1.19. The summed E-state index contributed by atoms with van der Waals surface area (Å²) in [6.07, 6.45) is 0. The lowest BCUT2D eigenvalue weighted by atomic mass is 9.32. The van der Waals surface area contributed by atoms with Crippen LogP contribution in [0.4, 0.5) is 17.1 Å². The van der Waals surface area contributed by atoms with Crippen LogP contribution in [0.1, 0.15) is 0 Å². The van der Waals surface area contributed by atoms with Crippen LogP contribution in [0.3, 0.4) is 0 Å². The lowest BCUT2D eigenvalue weighted by molar-refractivity contribution is 0.475. The molecule has 7 aromatic rings. The maximum atomic E-state index is 10.1. The summed E-state index contributed by atoms with van der Waals surface area (Å²) in [5.41, 5.74) is 21.7. The van der Waals surface area contributed by atoms with E-state index < -0.39 is 0 Å². The van der Waals surface area contributed by atoms with Crippen molar-refractivity contribution >= 4 is 63.3 Å². The molecule has 0 radical (unpaired) electrons. The molecule has 4 heterocycles. The van der Waals surface area contributed by atoms with Gasteiger partial charge in [-0.25, -0.2) is 0 Å². The fourth-order valence-electron chi connectivity index (χ4n) is 9.04. The predicted molar refractivity (Wildman–Crippen MR) is 196 cm³/mol. The Morgan fingerprint density at radius 1 is 0.404 bits per heavy atom. The van der Waals surface area contributed by atoms with Gasteiger partial charge >= 0.3 is 0 Å². The second-order valence-electron chi connectivity index (χ2n) is 13.1. The molecule has 0 saturated heterocycles. The molecule has 2 N–H and O–H groups in total. The Bertz CT molecular complexity index is 2480. The fraction of sp³-hybridized carbons (Fsp3) is 0. The summed E-state index contributed by atoms with van der Waals surface area (Å²) in [6, 6.07) is 49.3. The second-order valence-corrected chi connectivity index (χ2v) is 13.1. The van der Waals surface area contributed by atoms with Crippen LogP contribution in [-0.4, -0.2) is 23.6 Å². The summed E-state index contributed by atoms with van der Waals surface area (Å²) in [5.74, 6) is 0.558. The van der Waals surface area contributed by atoms with E-state index in [9.17, 15) is 10.2 Å². The third-order valence-electron chi connectivity index (χ3n) is 10.9. The van der Waals surface area contributed by atoms with Crippen LogP contribution in [0, 0.1) is 0 Å². The fourth-order valence-corrected chi connectivity index (χ4v) is 9.04. The summed E-state index contributed by atoms with van der Waals surface area (Å²) in [4.78, 5) is 2.55. The zero-order chi connectivity index (χ0) is 31.0. The highest BCUT2D eigenvalue weighted by molar-refractivity contribution is 7.05. The van der Waals surface area contributed by atoms with Gasteiger partial charge in [-0.1, -0.05) is 114 Å². The molecule has 0 amide bonds. The van der Waals surface area contributed by atoms with E-state index in [1.807, 2.05) is 24.3 Å². The first-order valence-corrected chi connectivity index (χ1v) is 16.2. The van der Waals surface area contributed by atoms with Crippen LogP contribution in [0.2, 0.25) is 0 Å². The average Bonchev–Trinajstić information content (AvgIpc) is 3.64. The van der Waals surface area contributed by atoms with E-state index in [1.165, 1.54) is 77.7 Å². The first kappa shape index (κ1) is 25.3. The molecule has 216 valence electrons. The van der Waals surface area contributed by atoms with Crippen LogP contribution in [0.5, 0.6) is 11.5 Å². The van der Waals surface area contributed by atoms with Crippen LogP contribution < -0.4 is 37.7 Å². The Hall–Kier alpha value is -5.93. The minimum Gasteiger partial charge on any atom is -0.508 e. The molecule has 0 unspecified atom stereocenters. The van der Waals surface area contributed by atoms with Gasteiger partial charge in [0.2, 0.25) is 13.4 Å². The molecule has 3 nitrogen and oxygen atoms in total. The number of hydrogen-bond acceptors (Lipinski definition) is 3. The molecule has 0 aromatic heterocycles. The van der Waals surface area contributed by atoms with Crippen LogP contribution in [-0.2, 0) is 0 Å². The van der Waals surface area contributed by atoms with E-state index in [1.54, 1.807) is 24.3 Å². The quantitative estimate of drug-likeness (QED) is 0.258. The molecule has 0 fully saturated rings. The lowest BCUT2D eigenvalue weighted by Gasteiger charge is -2.42. The number of phenolic OH excluding ortho intramolecular Hbond substituents is 2. The summed E-state index contributed by atoms with van der Waals surface area (Å²) in [6.45, 7) is 0.266. The molecule has 0 aliphatic carbocycles. The molecule has 0 saturated carbocycles. The minimum absolute atomic E-state index is 0.133. The van der Waals surface area contributed by atoms with E-state index in [2.05, 4.69) is 95.9 Å². The van der Waals surface area contributed by atoms with Gasteiger partial charge in [-0.3, -0.25) is 0 Å². The van der Waals surface area contributed by atoms with E-state index in [0.717, 1.165) is 16.7 Å². The average molecular weight is 597 g/mol. The molecular weight excluding hydrogens is 572 g/mol. The maximum absolute atomic E-state index is 10.1. The van der Waals surface area contributed by atoms with Gasteiger partial charge in [0, 0.05) is 17.1 Å². The van der Waals surface area contributed by atoms with Crippen molar-refractivity contribution in [2.75, 3.05) is 4.90 Å². The van der Waals surface area contributed by atoms with Gasteiger partial charge in [-0.15, -0.1) is 0 Å². The zero-order valence-corrected chi connectivity index (χ0v) is 25.3. The van der Waals surface area contributed by atoms with Gasteiger partial charge in [0.25, 0.3) is 0 Å². The normalized spacial score (nSPS) is 13.6. The van der Waals surface area contributed by atoms with Crippen LogP contribution in [0.15, 0.2) is 140 Å². The number of hydrogen-bond donors (Lipinski definition) is 2. The molecule has 4 aliphatic rings. The molecule has 0 spiro atoms. The molecule has 0 bridgehead atoms. The van der Waals surface area contributed by atoms with Crippen molar-refractivity contribution in [1.82, 2.24) is 0 Å². The predicted octanol–water partition coefficient (Wildman–Crippen LogP) is 5.52. The summed E-state index contributed by atoms with van der Waals surface area (Å²) >= 11 is 0. The third-order valence-corrected chi connectivity index (χ3v) is 10.9. The highest BCUT2D eigenvalue weighted by Gasteiger charge is 2.49. The summed E-state index contributed by atoms with van der Waals surface area (Å²) in [5, 5.41) is 20.0. The van der Waals surface area contributed by atoms with Gasteiger partial charge in [0.15, 0.2) is 0 Å². The molecule has 0 atom stereocenters. The Morgan fingerprint density at radius 2 is 1.00 bits per heavy atom. The first-order chi connectivity index (χ1) is 23.2. The Labute approximate surface area is 273 Å². The Kier molecular flexibility index (Phi) is 4.77. The number of benzene rings is 7. The van der Waals surface area contributed by atoms with Gasteiger partial charge in [-0.2, -0.15) is 0 Å². The number of para-hydroxylation sites is 1. The van der Waals surface area contributed by atoms with Gasteiger partial charge in [0.05, 0.1) is 0 Å². The van der Waals surface area contributed by atoms with Gasteiger partial charge < -0.3 is 15.1 Å². The van der Waals surface area contributed by atoms with E-state index in [-0.39, 0.29) is 24.9 Å². The largest absolute Gasteiger partial charge is 0.508 e. The third kappa shape index (κ3) is 3.18. The SMILES string of the molecule is Oc1ccc(-c2ccc3c(c2)B2c4cccc5c4N(c4cccc-3c42)c2ccc(-c3ccc(O)cc3)c3c2B5c2ccccc2-3)cc1. The van der Waals surface area contributed by atoms with E-state index in [4.69, 9.17) is 0 Å². The first-order valence-electron chi connectivity index (χ1n) is 16.2. The molecule has 7 aromatic carbocycles. The zero-order valence-electron chi connectivity index (χ0n) is 25.3. The topological polar surface area (TPSA) is 43.7 Å². The van der Waals surface area contributed by atoms with Crippen molar-refractivity contribution in [1.29, 1.82) is 0 Å². The second kappa shape index (κ2) is 8.86. The summed E-state index contributed by atoms with van der Waals surface area (Å²) in [7, 11) is 0. The van der Waals surface area contributed by atoms with Crippen molar-refractivity contribution in [3.8, 4) is 56.0 Å². The smallest absolute Gasteiger partial charge is 0.248 e. The molecule has 4 aliphatic heterocycles.